The van der Waals surface area contributed by atoms with Crippen molar-refractivity contribution in [3.05, 3.63) is 35.9 Å². The van der Waals surface area contributed by atoms with Gasteiger partial charge in [-0.3, -0.25) is 4.79 Å². The van der Waals surface area contributed by atoms with Crippen molar-refractivity contribution in [3.8, 4) is 0 Å². The molecule has 1 N–H and O–H groups in total. The van der Waals surface area contributed by atoms with E-state index in [2.05, 4.69) is 51.3 Å². The van der Waals surface area contributed by atoms with E-state index in [-0.39, 0.29) is 29.3 Å². The molecule has 1 aliphatic carbocycles. The summed E-state index contributed by atoms with van der Waals surface area (Å²) in [5.41, 5.74) is -0.659. The molecule has 4 unspecified atom stereocenters. The molecule has 2 rings (SSSR count). The number of carbonyl (C=O) groups is 2. The lowest BCUT2D eigenvalue weighted by Gasteiger charge is -2.59. The SMILES string of the molecule is COC(=O)C1CCC1C(O[SiH](C)C)(C(Cc1ccccc1)NC(=O)OC(C)(C)C)C(C)(C)C. The Morgan fingerprint density at radius 3 is 2.09 bits per heavy atom. The van der Waals surface area contributed by atoms with E-state index < -0.39 is 26.3 Å². The monoisotopic (exact) mass is 477 g/mol. The number of nitrogens with one attached hydrogen (secondary N) is 1. The zero-order chi connectivity index (χ0) is 25.0. The van der Waals surface area contributed by atoms with E-state index in [0.717, 1.165) is 18.4 Å². The molecule has 1 aromatic rings. The molecule has 33 heavy (non-hydrogen) atoms. The second-order valence-electron chi connectivity index (χ2n) is 11.4. The minimum atomic E-state index is -1.60. The Bertz CT molecular complexity index is 799. The lowest BCUT2D eigenvalue weighted by atomic mass is 9.54. The van der Waals surface area contributed by atoms with E-state index in [1.807, 2.05) is 39.0 Å². The summed E-state index contributed by atoms with van der Waals surface area (Å²) in [5.74, 6) is -0.520. The average molecular weight is 478 g/mol. The molecular weight excluding hydrogens is 434 g/mol. The fraction of sp³-hybridized carbons (Fsp3) is 0.692. The van der Waals surface area contributed by atoms with Crippen LogP contribution in [0.1, 0.15) is 59.9 Å². The first kappa shape index (κ1) is 27.4. The van der Waals surface area contributed by atoms with E-state index in [9.17, 15) is 9.59 Å². The normalized spacial score (nSPS) is 21.5. The molecular formula is C26H43NO5Si. The molecule has 4 atom stereocenters. The van der Waals surface area contributed by atoms with Gasteiger partial charge in [0.1, 0.15) is 5.60 Å². The molecule has 1 aromatic carbocycles. The second kappa shape index (κ2) is 10.6. The van der Waals surface area contributed by atoms with Gasteiger partial charge in [-0.15, -0.1) is 0 Å². The summed E-state index contributed by atoms with van der Waals surface area (Å²) in [6, 6.07) is 9.70. The van der Waals surface area contributed by atoms with E-state index >= 15 is 0 Å². The van der Waals surface area contributed by atoms with Gasteiger partial charge in [0, 0.05) is 5.92 Å². The Morgan fingerprint density at radius 2 is 1.67 bits per heavy atom. The van der Waals surface area contributed by atoms with Crippen molar-refractivity contribution < 1.29 is 23.5 Å². The fourth-order valence-electron chi connectivity index (χ4n) is 5.13. The Kier molecular flexibility index (Phi) is 8.79. The maximum absolute atomic E-state index is 13.1. The van der Waals surface area contributed by atoms with Crippen LogP contribution in [0.5, 0.6) is 0 Å². The van der Waals surface area contributed by atoms with E-state index in [4.69, 9.17) is 13.9 Å². The number of carbonyl (C=O) groups excluding carboxylic acids is 2. The molecule has 7 heteroatoms. The third-order valence-electron chi connectivity index (χ3n) is 6.42. The summed E-state index contributed by atoms with van der Waals surface area (Å²) in [6.45, 7) is 16.3. The number of rotatable bonds is 8. The highest BCUT2D eigenvalue weighted by atomic mass is 28.3. The van der Waals surface area contributed by atoms with Gasteiger partial charge in [-0.1, -0.05) is 51.1 Å². The van der Waals surface area contributed by atoms with Crippen LogP contribution in [0.15, 0.2) is 30.3 Å². The van der Waals surface area contributed by atoms with Crippen molar-refractivity contribution >= 4 is 21.1 Å². The molecule has 0 heterocycles. The third kappa shape index (κ3) is 6.60. The van der Waals surface area contributed by atoms with Crippen LogP contribution in [0.2, 0.25) is 13.1 Å². The number of methoxy groups -OCH3 is 1. The van der Waals surface area contributed by atoms with Crippen LogP contribution < -0.4 is 5.32 Å². The quantitative estimate of drug-likeness (QED) is 0.416. The summed E-state index contributed by atoms with van der Waals surface area (Å²) in [6.07, 6.45) is 1.71. The van der Waals surface area contributed by atoms with Crippen LogP contribution in [0.4, 0.5) is 4.79 Å². The second-order valence-corrected chi connectivity index (χ2v) is 13.7. The first-order valence-electron chi connectivity index (χ1n) is 12.0. The highest BCUT2D eigenvalue weighted by Gasteiger charge is 2.61. The Labute approximate surface area is 201 Å². The molecule has 1 amide bonds. The minimum absolute atomic E-state index is 0.0662. The van der Waals surface area contributed by atoms with Gasteiger partial charge < -0.3 is 19.2 Å². The lowest BCUT2D eigenvalue weighted by molar-refractivity contribution is -0.179. The van der Waals surface area contributed by atoms with Crippen LogP contribution in [0.25, 0.3) is 0 Å². The van der Waals surface area contributed by atoms with Gasteiger partial charge in [-0.2, -0.15) is 0 Å². The van der Waals surface area contributed by atoms with Crippen molar-refractivity contribution in [1.82, 2.24) is 5.32 Å². The number of esters is 1. The number of alkyl carbamates (subject to hydrolysis) is 1. The van der Waals surface area contributed by atoms with Crippen molar-refractivity contribution in [3.63, 3.8) is 0 Å². The largest absolute Gasteiger partial charge is 0.469 e. The first-order valence-corrected chi connectivity index (χ1v) is 14.8. The van der Waals surface area contributed by atoms with Crippen molar-refractivity contribution in [2.24, 2.45) is 17.3 Å². The number of hydrogen-bond donors (Lipinski definition) is 1. The highest BCUT2D eigenvalue weighted by Crippen LogP contribution is 2.54. The predicted octanol–water partition coefficient (Wildman–Crippen LogP) is 5.11. The molecule has 1 saturated carbocycles. The number of hydrogen-bond acceptors (Lipinski definition) is 5. The van der Waals surface area contributed by atoms with Gasteiger partial charge >= 0.3 is 12.1 Å². The van der Waals surface area contributed by atoms with Crippen LogP contribution in [-0.2, 0) is 25.1 Å². The molecule has 0 radical (unpaired) electrons. The predicted molar refractivity (Wildman–Crippen MR) is 134 cm³/mol. The highest BCUT2D eigenvalue weighted by molar-refractivity contribution is 6.48. The molecule has 0 bridgehead atoms. The third-order valence-corrected chi connectivity index (χ3v) is 7.28. The summed E-state index contributed by atoms with van der Waals surface area (Å²) >= 11 is 0. The average Bonchev–Trinajstić information content (AvgIpc) is 2.63. The number of ether oxygens (including phenoxy) is 2. The van der Waals surface area contributed by atoms with Crippen LogP contribution in [0, 0.1) is 17.3 Å². The molecule has 0 saturated heterocycles. The Balaban J connectivity index is 2.61. The van der Waals surface area contributed by atoms with Crippen molar-refractivity contribution in [1.29, 1.82) is 0 Å². The standard InChI is InChI=1S/C26H43NO5Si/c1-24(2,3)26(32-33(8)9,20-16-15-19(20)22(28)30-7)21(17-18-13-11-10-12-14-18)27-23(29)31-25(4,5)6/h10-14,19-21,33H,15-17H2,1-9H3,(H,27,29). The van der Waals surface area contributed by atoms with E-state index in [1.54, 1.807) is 0 Å². The topological polar surface area (TPSA) is 73.9 Å². The number of amides is 1. The molecule has 0 aromatic heterocycles. The van der Waals surface area contributed by atoms with Gasteiger partial charge in [-0.25, -0.2) is 4.79 Å². The fourth-order valence-corrected chi connectivity index (χ4v) is 6.60. The molecule has 1 fully saturated rings. The number of benzene rings is 1. The molecule has 0 spiro atoms. The lowest BCUT2D eigenvalue weighted by Crippen LogP contribution is -2.70. The summed E-state index contributed by atoms with van der Waals surface area (Å²) in [5, 5.41) is 3.19. The zero-order valence-corrected chi connectivity index (χ0v) is 23.0. The van der Waals surface area contributed by atoms with Gasteiger partial charge in [0.25, 0.3) is 0 Å². The zero-order valence-electron chi connectivity index (χ0n) is 21.9. The maximum atomic E-state index is 13.1. The van der Waals surface area contributed by atoms with Crippen LogP contribution in [0.3, 0.4) is 0 Å². The van der Waals surface area contributed by atoms with Gasteiger partial charge in [0.05, 0.1) is 24.7 Å². The minimum Gasteiger partial charge on any atom is -0.469 e. The van der Waals surface area contributed by atoms with Crippen LogP contribution in [-0.4, -0.2) is 45.5 Å². The molecule has 6 nitrogen and oxygen atoms in total. The summed E-state index contributed by atoms with van der Waals surface area (Å²) in [7, 11) is -0.156. The smallest absolute Gasteiger partial charge is 0.407 e. The molecule has 1 aliphatic rings. The van der Waals surface area contributed by atoms with Crippen molar-refractivity contribution in [2.75, 3.05) is 7.11 Å². The summed E-state index contributed by atoms with van der Waals surface area (Å²) < 4.78 is 17.8. The molecule has 0 aliphatic heterocycles. The van der Waals surface area contributed by atoms with Crippen LogP contribution >= 0.6 is 0 Å². The van der Waals surface area contributed by atoms with Crippen molar-refractivity contribution in [2.45, 2.75) is 91.1 Å². The Morgan fingerprint density at radius 1 is 1.06 bits per heavy atom. The van der Waals surface area contributed by atoms with Gasteiger partial charge in [0.15, 0.2) is 9.04 Å². The van der Waals surface area contributed by atoms with Gasteiger partial charge in [-0.05, 0) is 64.1 Å². The molecule has 186 valence electrons. The summed E-state index contributed by atoms with van der Waals surface area (Å²) in [4.78, 5) is 25.7. The maximum Gasteiger partial charge on any atom is 0.407 e. The Hall–Kier alpha value is -1.86. The van der Waals surface area contributed by atoms with E-state index in [0.29, 0.717) is 6.42 Å². The van der Waals surface area contributed by atoms with Gasteiger partial charge in [0.2, 0.25) is 0 Å². The van der Waals surface area contributed by atoms with E-state index in [1.165, 1.54) is 7.11 Å². The first-order chi connectivity index (χ1) is 15.2.